The molecule has 106 valence electrons. The molecular weight excluding hydrogens is 255 g/mol. The van der Waals surface area contributed by atoms with Gasteiger partial charge in [-0.15, -0.1) is 0 Å². The molecular formula is C16H19FN2O. The van der Waals surface area contributed by atoms with E-state index in [4.69, 9.17) is 5.73 Å². The Labute approximate surface area is 118 Å². The minimum Gasteiger partial charge on any atom is -0.397 e. The van der Waals surface area contributed by atoms with Crippen molar-refractivity contribution in [2.24, 2.45) is 5.92 Å². The highest BCUT2D eigenvalue weighted by Gasteiger charge is 2.20. The highest BCUT2D eigenvalue weighted by atomic mass is 19.1. The van der Waals surface area contributed by atoms with Gasteiger partial charge >= 0.3 is 0 Å². The predicted molar refractivity (Wildman–Crippen MR) is 78.3 cm³/mol. The number of anilines is 1. The monoisotopic (exact) mass is 274 g/mol. The molecule has 0 saturated carbocycles. The highest BCUT2D eigenvalue weighted by Crippen LogP contribution is 2.23. The van der Waals surface area contributed by atoms with Crippen LogP contribution in [0.25, 0.3) is 0 Å². The lowest BCUT2D eigenvalue weighted by atomic mass is 10.1. The van der Waals surface area contributed by atoms with Crippen molar-refractivity contribution in [3.63, 3.8) is 0 Å². The third kappa shape index (κ3) is 2.74. The van der Waals surface area contributed by atoms with E-state index in [1.807, 2.05) is 11.5 Å². The summed E-state index contributed by atoms with van der Waals surface area (Å²) in [6.07, 6.45) is 0. The molecule has 1 aromatic heterocycles. The van der Waals surface area contributed by atoms with Gasteiger partial charge in [0, 0.05) is 17.8 Å². The van der Waals surface area contributed by atoms with Gasteiger partial charge in [0.2, 0.25) is 5.78 Å². The summed E-state index contributed by atoms with van der Waals surface area (Å²) in [5.41, 5.74) is 8.33. The van der Waals surface area contributed by atoms with Crippen molar-refractivity contribution in [1.29, 1.82) is 0 Å². The van der Waals surface area contributed by atoms with Crippen molar-refractivity contribution in [1.82, 2.24) is 4.57 Å². The Morgan fingerprint density at radius 3 is 2.45 bits per heavy atom. The molecule has 0 atom stereocenters. The first-order valence-corrected chi connectivity index (χ1v) is 6.66. The lowest BCUT2D eigenvalue weighted by Gasteiger charge is -2.14. The van der Waals surface area contributed by atoms with E-state index in [2.05, 4.69) is 13.8 Å². The van der Waals surface area contributed by atoms with Gasteiger partial charge in [-0.25, -0.2) is 4.39 Å². The Hall–Kier alpha value is -2.10. The maximum atomic E-state index is 12.9. The van der Waals surface area contributed by atoms with E-state index in [1.165, 1.54) is 24.3 Å². The van der Waals surface area contributed by atoms with Crippen LogP contribution >= 0.6 is 0 Å². The summed E-state index contributed by atoms with van der Waals surface area (Å²) >= 11 is 0. The Balaban J connectivity index is 2.46. The SMILES string of the molecule is Cc1cc(N)c(C(=O)c2ccc(F)cc2)n1CC(C)C. The van der Waals surface area contributed by atoms with Crippen molar-refractivity contribution >= 4 is 11.5 Å². The number of benzene rings is 1. The number of rotatable bonds is 4. The van der Waals surface area contributed by atoms with Crippen molar-refractivity contribution in [3.8, 4) is 0 Å². The molecule has 0 aliphatic carbocycles. The number of nitrogens with two attached hydrogens (primary N) is 1. The Bertz CT molecular complexity index is 627. The zero-order valence-electron chi connectivity index (χ0n) is 12.0. The molecule has 1 heterocycles. The summed E-state index contributed by atoms with van der Waals surface area (Å²) in [5.74, 6) is -0.125. The van der Waals surface area contributed by atoms with Gasteiger partial charge in [-0.2, -0.15) is 0 Å². The number of aryl methyl sites for hydroxylation is 1. The van der Waals surface area contributed by atoms with Gasteiger partial charge in [0.1, 0.15) is 11.5 Å². The molecule has 0 amide bonds. The van der Waals surface area contributed by atoms with Crippen molar-refractivity contribution in [3.05, 3.63) is 53.1 Å². The largest absolute Gasteiger partial charge is 0.397 e. The van der Waals surface area contributed by atoms with Crippen LogP contribution in [0, 0.1) is 18.7 Å². The van der Waals surface area contributed by atoms with Crippen molar-refractivity contribution in [2.75, 3.05) is 5.73 Å². The quantitative estimate of drug-likeness (QED) is 0.869. The number of carbonyl (C=O) groups excluding carboxylic acids is 1. The average molecular weight is 274 g/mol. The second-order valence-corrected chi connectivity index (χ2v) is 5.43. The fourth-order valence-corrected chi connectivity index (χ4v) is 2.30. The lowest BCUT2D eigenvalue weighted by molar-refractivity contribution is 0.103. The number of nitrogens with zero attached hydrogens (tertiary/aromatic N) is 1. The number of aromatic nitrogens is 1. The van der Waals surface area contributed by atoms with Gasteiger partial charge < -0.3 is 10.3 Å². The molecule has 0 saturated heterocycles. The number of ketones is 1. The van der Waals surface area contributed by atoms with E-state index >= 15 is 0 Å². The first-order chi connectivity index (χ1) is 9.40. The average Bonchev–Trinajstić information content (AvgIpc) is 2.64. The summed E-state index contributed by atoms with van der Waals surface area (Å²) < 4.78 is 14.9. The summed E-state index contributed by atoms with van der Waals surface area (Å²) in [5, 5.41) is 0. The zero-order valence-corrected chi connectivity index (χ0v) is 12.0. The fraction of sp³-hybridized carbons (Fsp3) is 0.312. The first kappa shape index (κ1) is 14.3. The predicted octanol–water partition coefficient (Wildman–Crippen LogP) is 3.40. The van der Waals surface area contributed by atoms with Crippen LogP contribution in [-0.4, -0.2) is 10.4 Å². The fourth-order valence-electron chi connectivity index (χ4n) is 2.30. The number of hydrogen-bond acceptors (Lipinski definition) is 2. The molecule has 3 nitrogen and oxygen atoms in total. The normalized spacial score (nSPS) is 11.1. The lowest BCUT2D eigenvalue weighted by Crippen LogP contribution is -2.15. The van der Waals surface area contributed by atoms with Crippen LogP contribution in [0.1, 0.15) is 35.6 Å². The van der Waals surface area contributed by atoms with Crippen LogP contribution < -0.4 is 5.73 Å². The molecule has 0 spiro atoms. The third-order valence-electron chi connectivity index (χ3n) is 3.20. The van der Waals surface area contributed by atoms with Crippen LogP contribution in [0.2, 0.25) is 0 Å². The number of nitrogen functional groups attached to an aromatic ring is 1. The molecule has 0 bridgehead atoms. The van der Waals surface area contributed by atoms with Gasteiger partial charge in [-0.3, -0.25) is 4.79 Å². The minimum absolute atomic E-state index is 0.170. The third-order valence-corrected chi connectivity index (χ3v) is 3.20. The molecule has 20 heavy (non-hydrogen) atoms. The summed E-state index contributed by atoms with van der Waals surface area (Å²) in [7, 11) is 0. The Morgan fingerprint density at radius 1 is 1.30 bits per heavy atom. The molecule has 4 heteroatoms. The number of hydrogen-bond donors (Lipinski definition) is 1. The van der Waals surface area contributed by atoms with Crippen LogP contribution in [0.4, 0.5) is 10.1 Å². The summed E-state index contributed by atoms with van der Waals surface area (Å²) in [4.78, 5) is 12.6. The molecule has 0 aliphatic rings. The van der Waals surface area contributed by atoms with Crippen LogP contribution in [0.5, 0.6) is 0 Å². The molecule has 1 aromatic carbocycles. The van der Waals surface area contributed by atoms with E-state index in [-0.39, 0.29) is 11.6 Å². The molecule has 0 unspecified atom stereocenters. The number of carbonyl (C=O) groups is 1. The van der Waals surface area contributed by atoms with Crippen LogP contribution in [-0.2, 0) is 6.54 Å². The molecule has 0 aliphatic heterocycles. The number of halogens is 1. The van der Waals surface area contributed by atoms with E-state index < -0.39 is 0 Å². The molecule has 0 fully saturated rings. The Kier molecular flexibility index (Phi) is 3.93. The van der Waals surface area contributed by atoms with Gasteiger partial charge in [0.25, 0.3) is 0 Å². The van der Waals surface area contributed by atoms with Gasteiger partial charge in [0.15, 0.2) is 0 Å². The van der Waals surface area contributed by atoms with Gasteiger partial charge in [0.05, 0.1) is 5.69 Å². The van der Waals surface area contributed by atoms with E-state index in [1.54, 1.807) is 6.07 Å². The summed E-state index contributed by atoms with van der Waals surface area (Å²) in [6, 6.07) is 7.34. The summed E-state index contributed by atoms with van der Waals surface area (Å²) in [6.45, 7) is 6.83. The van der Waals surface area contributed by atoms with Gasteiger partial charge in [-0.1, -0.05) is 13.8 Å². The smallest absolute Gasteiger partial charge is 0.211 e. The van der Waals surface area contributed by atoms with E-state index in [0.29, 0.717) is 22.9 Å². The second-order valence-electron chi connectivity index (χ2n) is 5.43. The topological polar surface area (TPSA) is 48.0 Å². The van der Waals surface area contributed by atoms with Crippen LogP contribution in [0.3, 0.4) is 0 Å². The van der Waals surface area contributed by atoms with Crippen molar-refractivity contribution in [2.45, 2.75) is 27.3 Å². The molecule has 2 N–H and O–H groups in total. The maximum Gasteiger partial charge on any atom is 0.211 e. The van der Waals surface area contributed by atoms with Gasteiger partial charge in [-0.05, 0) is 43.2 Å². The Morgan fingerprint density at radius 2 is 1.90 bits per heavy atom. The molecule has 2 rings (SSSR count). The second kappa shape index (κ2) is 5.49. The maximum absolute atomic E-state index is 12.9. The standard InChI is InChI=1S/C16H19FN2O/c1-10(2)9-19-11(3)8-14(18)15(19)16(20)12-4-6-13(17)7-5-12/h4-8,10H,9,18H2,1-3H3. The molecule has 2 aromatic rings. The molecule has 0 radical (unpaired) electrons. The van der Waals surface area contributed by atoms with Crippen LogP contribution in [0.15, 0.2) is 30.3 Å². The van der Waals surface area contributed by atoms with E-state index in [9.17, 15) is 9.18 Å². The van der Waals surface area contributed by atoms with E-state index in [0.717, 1.165) is 12.2 Å². The highest BCUT2D eigenvalue weighted by molar-refractivity contribution is 6.11. The zero-order chi connectivity index (χ0) is 14.9. The first-order valence-electron chi connectivity index (χ1n) is 6.66. The minimum atomic E-state index is -0.358. The van der Waals surface area contributed by atoms with Crippen molar-refractivity contribution < 1.29 is 9.18 Å².